The molecule has 3 rings (SSSR count). The van der Waals surface area contributed by atoms with E-state index in [2.05, 4.69) is 14.1 Å². The molecular formula is C14H10ClN3OS. The number of aromatic nitrogens is 2. The number of anilines is 2. The van der Waals surface area contributed by atoms with Gasteiger partial charge in [-0.2, -0.15) is 8.75 Å². The number of nitrogens with one attached hydrogen (secondary N) is 1. The fraction of sp³-hybridized carbons (Fsp3) is 0. The van der Waals surface area contributed by atoms with Crippen molar-refractivity contribution < 1.29 is 4.74 Å². The van der Waals surface area contributed by atoms with Crippen molar-refractivity contribution in [2.75, 3.05) is 5.32 Å². The Morgan fingerprint density at radius 3 is 2.25 bits per heavy atom. The molecular weight excluding hydrogens is 294 g/mol. The number of halogens is 1. The third-order valence-electron chi connectivity index (χ3n) is 2.54. The SMILES string of the molecule is Clc1nsnc1Nc1ccc(Oc2ccccc2)cc1. The molecule has 20 heavy (non-hydrogen) atoms. The molecule has 0 amide bonds. The minimum atomic E-state index is 0.375. The second-order valence-corrected chi connectivity index (χ2v) is 4.85. The highest BCUT2D eigenvalue weighted by molar-refractivity contribution is 6.99. The largest absolute Gasteiger partial charge is 0.457 e. The molecule has 0 saturated heterocycles. The number of rotatable bonds is 4. The van der Waals surface area contributed by atoms with Gasteiger partial charge in [-0.15, -0.1) is 0 Å². The van der Waals surface area contributed by atoms with E-state index in [4.69, 9.17) is 16.3 Å². The van der Waals surface area contributed by atoms with Crippen molar-refractivity contribution >= 4 is 34.8 Å². The zero-order valence-corrected chi connectivity index (χ0v) is 11.9. The third-order valence-corrected chi connectivity index (χ3v) is 3.44. The Kier molecular flexibility index (Phi) is 3.80. The number of ether oxygens (including phenoxy) is 1. The summed E-state index contributed by atoms with van der Waals surface area (Å²) in [5, 5.41) is 3.47. The molecule has 0 aliphatic carbocycles. The van der Waals surface area contributed by atoms with Gasteiger partial charge in [0.25, 0.3) is 0 Å². The lowest BCUT2D eigenvalue weighted by Crippen LogP contribution is -1.91. The summed E-state index contributed by atoms with van der Waals surface area (Å²) in [4.78, 5) is 0. The number of nitrogens with zero attached hydrogens (tertiary/aromatic N) is 2. The minimum Gasteiger partial charge on any atom is -0.457 e. The lowest BCUT2D eigenvalue weighted by molar-refractivity contribution is 0.483. The Labute approximate surface area is 125 Å². The van der Waals surface area contributed by atoms with E-state index >= 15 is 0 Å². The molecule has 6 heteroatoms. The molecule has 3 aromatic rings. The molecule has 0 atom stereocenters. The molecule has 4 nitrogen and oxygen atoms in total. The average molecular weight is 304 g/mol. The van der Waals surface area contributed by atoms with Crippen LogP contribution in [0.2, 0.25) is 5.15 Å². The van der Waals surface area contributed by atoms with Gasteiger partial charge >= 0.3 is 0 Å². The van der Waals surface area contributed by atoms with Crippen molar-refractivity contribution in [3.8, 4) is 11.5 Å². The fourth-order valence-electron chi connectivity index (χ4n) is 1.62. The van der Waals surface area contributed by atoms with E-state index in [0.717, 1.165) is 28.9 Å². The van der Waals surface area contributed by atoms with Gasteiger partial charge in [-0.1, -0.05) is 29.8 Å². The monoisotopic (exact) mass is 303 g/mol. The Morgan fingerprint density at radius 1 is 0.900 bits per heavy atom. The van der Waals surface area contributed by atoms with Gasteiger partial charge in [0.2, 0.25) is 0 Å². The van der Waals surface area contributed by atoms with Crippen LogP contribution >= 0.6 is 23.3 Å². The molecule has 1 N–H and O–H groups in total. The van der Waals surface area contributed by atoms with Crippen molar-refractivity contribution in [1.82, 2.24) is 8.75 Å². The van der Waals surface area contributed by atoms with Gasteiger partial charge in [0.05, 0.1) is 11.7 Å². The van der Waals surface area contributed by atoms with Crippen LogP contribution < -0.4 is 10.1 Å². The van der Waals surface area contributed by atoms with Crippen molar-refractivity contribution in [2.24, 2.45) is 0 Å². The predicted octanol–water partition coefficient (Wildman–Crippen LogP) is 4.73. The smallest absolute Gasteiger partial charge is 0.187 e. The van der Waals surface area contributed by atoms with Crippen molar-refractivity contribution in [3.05, 3.63) is 59.8 Å². The molecule has 0 unspecified atom stereocenters. The van der Waals surface area contributed by atoms with Crippen molar-refractivity contribution in [1.29, 1.82) is 0 Å². The highest BCUT2D eigenvalue weighted by Crippen LogP contribution is 2.26. The quantitative estimate of drug-likeness (QED) is 0.757. The minimum absolute atomic E-state index is 0.375. The van der Waals surface area contributed by atoms with Crippen LogP contribution in [0.25, 0.3) is 0 Å². The zero-order valence-electron chi connectivity index (χ0n) is 10.3. The second kappa shape index (κ2) is 5.90. The maximum atomic E-state index is 5.88. The lowest BCUT2D eigenvalue weighted by atomic mass is 10.3. The van der Waals surface area contributed by atoms with Crippen LogP contribution in [0.15, 0.2) is 54.6 Å². The van der Waals surface area contributed by atoms with Crippen LogP contribution in [-0.4, -0.2) is 8.75 Å². The van der Waals surface area contributed by atoms with E-state index in [-0.39, 0.29) is 0 Å². The molecule has 0 saturated carbocycles. The van der Waals surface area contributed by atoms with E-state index in [0.29, 0.717) is 11.0 Å². The Morgan fingerprint density at radius 2 is 1.60 bits per heavy atom. The number of hydrogen-bond acceptors (Lipinski definition) is 5. The van der Waals surface area contributed by atoms with Crippen LogP contribution in [0.3, 0.4) is 0 Å². The highest BCUT2D eigenvalue weighted by Gasteiger charge is 2.05. The molecule has 0 fully saturated rings. The third kappa shape index (κ3) is 3.07. The summed E-state index contributed by atoms with van der Waals surface area (Å²) in [5.74, 6) is 2.14. The Bertz CT molecular complexity index is 685. The summed E-state index contributed by atoms with van der Waals surface area (Å²) in [6, 6.07) is 17.2. The maximum absolute atomic E-state index is 5.88. The molecule has 2 aromatic carbocycles. The first kappa shape index (κ1) is 12.9. The topological polar surface area (TPSA) is 47.0 Å². The Hall–Kier alpha value is -2.11. The zero-order chi connectivity index (χ0) is 13.8. The molecule has 1 aromatic heterocycles. The highest BCUT2D eigenvalue weighted by atomic mass is 35.5. The van der Waals surface area contributed by atoms with Gasteiger partial charge < -0.3 is 10.1 Å². The number of hydrogen-bond donors (Lipinski definition) is 1. The normalized spacial score (nSPS) is 10.2. The first-order valence-corrected chi connectivity index (χ1v) is 7.00. The van der Waals surface area contributed by atoms with Crippen LogP contribution in [0.1, 0.15) is 0 Å². The summed E-state index contributed by atoms with van der Waals surface area (Å²) in [5.41, 5.74) is 0.875. The Balaban J connectivity index is 1.70. The first-order chi connectivity index (χ1) is 9.81. The van der Waals surface area contributed by atoms with E-state index in [1.54, 1.807) is 0 Å². The van der Waals surface area contributed by atoms with Gasteiger partial charge in [-0.3, -0.25) is 0 Å². The summed E-state index contributed by atoms with van der Waals surface area (Å²) < 4.78 is 13.7. The van der Waals surface area contributed by atoms with Crippen molar-refractivity contribution in [2.45, 2.75) is 0 Å². The van der Waals surface area contributed by atoms with E-state index in [1.807, 2.05) is 54.6 Å². The van der Waals surface area contributed by atoms with Crippen molar-refractivity contribution in [3.63, 3.8) is 0 Å². The molecule has 0 bridgehead atoms. The summed E-state index contributed by atoms with van der Waals surface area (Å²) in [6.45, 7) is 0. The van der Waals surface area contributed by atoms with Gasteiger partial charge in [-0.05, 0) is 36.4 Å². The van der Waals surface area contributed by atoms with Crippen LogP contribution in [0.5, 0.6) is 11.5 Å². The molecule has 0 aliphatic rings. The standard InChI is InChI=1S/C14H10ClN3OS/c15-13-14(18-20-17-13)16-10-6-8-12(9-7-10)19-11-4-2-1-3-5-11/h1-9H,(H,16,18). The molecule has 1 heterocycles. The summed E-state index contributed by atoms with van der Waals surface area (Å²) in [7, 11) is 0. The van der Waals surface area contributed by atoms with E-state index in [1.165, 1.54) is 0 Å². The van der Waals surface area contributed by atoms with Gasteiger partial charge in [0.1, 0.15) is 11.5 Å². The second-order valence-electron chi connectivity index (χ2n) is 3.97. The molecule has 0 radical (unpaired) electrons. The number of benzene rings is 2. The lowest BCUT2D eigenvalue weighted by Gasteiger charge is -2.07. The average Bonchev–Trinajstić information content (AvgIpc) is 2.88. The fourth-order valence-corrected chi connectivity index (χ4v) is 2.26. The molecule has 100 valence electrons. The summed E-state index contributed by atoms with van der Waals surface area (Å²) >= 11 is 6.95. The summed E-state index contributed by atoms with van der Waals surface area (Å²) in [6.07, 6.45) is 0. The van der Waals surface area contributed by atoms with Gasteiger partial charge in [-0.25, -0.2) is 0 Å². The van der Waals surface area contributed by atoms with Crippen LogP contribution in [0, 0.1) is 0 Å². The van der Waals surface area contributed by atoms with Gasteiger partial charge in [0, 0.05) is 5.69 Å². The maximum Gasteiger partial charge on any atom is 0.187 e. The number of para-hydroxylation sites is 1. The van der Waals surface area contributed by atoms with E-state index in [9.17, 15) is 0 Å². The molecule has 0 spiro atoms. The predicted molar refractivity (Wildman–Crippen MR) is 81.2 cm³/mol. The van der Waals surface area contributed by atoms with Gasteiger partial charge in [0.15, 0.2) is 11.0 Å². The van der Waals surface area contributed by atoms with Crippen LogP contribution in [-0.2, 0) is 0 Å². The van der Waals surface area contributed by atoms with E-state index < -0.39 is 0 Å². The van der Waals surface area contributed by atoms with Crippen LogP contribution in [0.4, 0.5) is 11.5 Å². The first-order valence-electron chi connectivity index (χ1n) is 5.89. The molecule has 0 aliphatic heterocycles.